The second kappa shape index (κ2) is 5.64. The van der Waals surface area contributed by atoms with Gasteiger partial charge in [0.25, 0.3) is 5.69 Å². The Morgan fingerprint density at radius 3 is 2.52 bits per heavy atom. The van der Waals surface area contributed by atoms with Gasteiger partial charge in [0.2, 0.25) is 5.91 Å². The monoisotopic (exact) mass is 309 g/mol. The number of nitro groups is 1. The predicted molar refractivity (Wildman–Crippen MR) is 88.5 cm³/mol. The molecule has 1 aliphatic heterocycles. The second-order valence-electron chi connectivity index (χ2n) is 5.48. The third-order valence-electron chi connectivity index (χ3n) is 3.85. The highest BCUT2D eigenvalue weighted by Gasteiger charge is 2.22. The van der Waals surface area contributed by atoms with Crippen molar-refractivity contribution >= 4 is 28.7 Å². The lowest BCUT2D eigenvalue weighted by Gasteiger charge is -2.16. The zero-order valence-corrected chi connectivity index (χ0v) is 12.8. The summed E-state index contributed by atoms with van der Waals surface area (Å²) in [6, 6.07) is 11.9. The van der Waals surface area contributed by atoms with Crippen LogP contribution in [0.1, 0.15) is 17.5 Å². The van der Waals surface area contributed by atoms with Crippen molar-refractivity contribution in [3.63, 3.8) is 0 Å². The zero-order valence-electron chi connectivity index (χ0n) is 12.8. The van der Waals surface area contributed by atoms with Gasteiger partial charge in [-0.15, -0.1) is 0 Å². The molecule has 0 unspecified atom stereocenters. The third kappa shape index (κ3) is 2.83. The molecule has 23 heavy (non-hydrogen) atoms. The van der Waals surface area contributed by atoms with Crippen LogP contribution in [0.5, 0.6) is 0 Å². The van der Waals surface area contributed by atoms with Gasteiger partial charge in [0.1, 0.15) is 0 Å². The molecule has 0 saturated carbocycles. The first-order chi connectivity index (χ1) is 11.0. The van der Waals surface area contributed by atoms with Crippen LogP contribution in [0, 0.1) is 17.0 Å². The summed E-state index contributed by atoms with van der Waals surface area (Å²) in [7, 11) is 1.73. The summed E-state index contributed by atoms with van der Waals surface area (Å²) in [4.78, 5) is 28.9. The summed E-state index contributed by atoms with van der Waals surface area (Å²) in [6.07, 6.45) is 0.155. The topological polar surface area (TPSA) is 75.8 Å². The number of carbonyl (C=O) groups is 1. The third-order valence-corrected chi connectivity index (χ3v) is 3.85. The van der Waals surface area contributed by atoms with Crippen LogP contribution in [0.2, 0.25) is 0 Å². The molecule has 1 heterocycles. The summed E-state index contributed by atoms with van der Waals surface area (Å²) < 4.78 is 0. The molecule has 0 aromatic heterocycles. The predicted octanol–water partition coefficient (Wildman–Crippen LogP) is 3.39. The standard InChI is InChI=1S/C17H15N3O3/c1-11-3-8-14-16(9-11)19(2)17(21)10-15(18-14)12-4-6-13(7-5-12)20(22)23/h3-9H,10H2,1-2H3. The molecule has 0 radical (unpaired) electrons. The van der Waals surface area contributed by atoms with Crippen molar-refractivity contribution in [3.8, 4) is 0 Å². The molecule has 2 aromatic carbocycles. The van der Waals surface area contributed by atoms with Crippen molar-refractivity contribution in [2.24, 2.45) is 4.99 Å². The first kappa shape index (κ1) is 14.9. The van der Waals surface area contributed by atoms with E-state index in [1.807, 2.05) is 25.1 Å². The highest BCUT2D eigenvalue weighted by atomic mass is 16.6. The molecule has 0 bridgehead atoms. The van der Waals surface area contributed by atoms with E-state index in [1.165, 1.54) is 12.1 Å². The van der Waals surface area contributed by atoms with E-state index in [2.05, 4.69) is 4.99 Å². The number of fused-ring (bicyclic) bond motifs is 1. The van der Waals surface area contributed by atoms with Crippen molar-refractivity contribution in [1.29, 1.82) is 0 Å². The molecule has 3 rings (SSSR count). The zero-order chi connectivity index (χ0) is 16.6. The molecule has 1 aliphatic rings. The normalized spacial score (nSPS) is 14.1. The average Bonchev–Trinajstić information content (AvgIpc) is 2.66. The molecular weight excluding hydrogens is 294 g/mol. The SMILES string of the molecule is Cc1ccc2c(c1)N(C)C(=O)CC(c1ccc([N+](=O)[O-])cc1)=N2. The first-order valence-corrected chi connectivity index (χ1v) is 7.15. The van der Waals surface area contributed by atoms with Crippen LogP contribution in [0.25, 0.3) is 0 Å². The minimum Gasteiger partial charge on any atom is -0.313 e. The average molecular weight is 309 g/mol. The number of amides is 1. The minimum absolute atomic E-state index is 0.0161. The van der Waals surface area contributed by atoms with Gasteiger partial charge in [-0.2, -0.15) is 0 Å². The molecule has 6 heteroatoms. The maximum Gasteiger partial charge on any atom is 0.269 e. The van der Waals surface area contributed by atoms with E-state index in [0.29, 0.717) is 11.3 Å². The Morgan fingerprint density at radius 2 is 1.87 bits per heavy atom. The first-order valence-electron chi connectivity index (χ1n) is 7.15. The molecular formula is C17H15N3O3. The lowest BCUT2D eigenvalue weighted by molar-refractivity contribution is -0.384. The number of carbonyl (C=O) groups excluding carboxylic acids is 1. The van der Waals surface area contributed by atoms with Crippen LogP contribution >= 0.6 is 0 Å². The number of aliphatic imine (C=N–C) groups is 1. The van der Waals surface area contributed by atoms with E-state index in [-0.39, 0.29) is 18.0 Å². The lowest BCUT2D eigenvalue weighted by atomic mass is 10.1. The van der Waals surface area contributed by atoms with Gasteiger partial charge in [0.15, 0.2) is 0 Å². The number of hydrogen-bond donors (Lipinski definition) is 0. The Balaban J connectivity index is 2.07. The van der Waals surface area contributed by atoms with Gasteiger partial charge in [0, 0.05) is 19.2 Å². The Labute approximate surface area is 133 Å². The lowest BCUT2D eigenvalue weighted by Crippen LogP contribution is -2.27. The number of aryl methyl sites for hydroxylation is 1. The van der Waals surface area contributed by atoms with E-state index in [0.717, 1.165) is 16.9 Å². The summed E-state index contributed by atoms with van der Waals surface area (Å²) >= 11 is 0. The fraction of sp³-hybridized carbons (Fsp3) is 0.176. The van der Waals surface area contributed by atoms with Crippen molar-refractivity contribution < 1.29 is 9.72 Å². The van der Waals surface area contributed by atoms with Gasteiger partial charge in [-0.25, -0.2) is 0 Å². The fourth-order valence-electron chi connectivity index (χ4n) is 2.52. The number of nitrogens with zero attached hydrogens (tertiary/aromatic N) is 3. The van der Waals surface area contributed by atoms with Gasteiger partial charge < -0.3 is 4.90 Å². The number of nitro benzene ring substituents is 1. The summed E-state index contributed by atoms with van der Waals surface area (Å²) in [6.45, 7) is 1.96. The van der Waals surface area contributed by atoms with E-state index in [9.17, 15) is 14.9 Å². The molecule has 2 aromatic rings. The Kier molecular flexibility index (Phi) is 3.65. The van der Waals surface area contributed by atoms with Crippen molar-refractivity contribution in [1.82, 2.24) is 0 Å². The van der Waals surface area contributed by atoms with Crippen LogP contribution in [-0.2, 0) is 4.79 Å². The van der Waals surface area contributed by atoms with Gasteiger partial charge in [0.05, 0.1) is 28.4 Å². The van der Waals surface area contributed by atoms with Crippen LogP contribution in [0.15, 0.2) is 47.5 Å². The quantitative estimate of drug-likeness (QED) is 0.630. The minimum atomic E-state index is -0.449. The molecule has 0 aliphatic carbocycles. The van der Waals surface area contributed by atoms with Crippen LogP contribution in [0.3, 0.4) is 0 Å². The van der Waals surface area contributed by atoms with Gasteiger partial charge >= 0.3 is 0 Å². The Bertz CT molecular complexity index is 825. The smallest absolute Gasteiger partial charge is 0.269 e. The number of anilines is 1. The molecule has 1 amide bonds. The molecule has 0 saturated heterocycles. The molecule has 0 fully saturated rings. The second-order valence-corrected chi connectivity index (χ2v) is 5.48. The van der Waals surface area contributed by atoms with Crippen LogP contribution in [-0.4, -0.2) is 23.6 Å². The highest BCUT2D eigenvalue weighted by molar-refractivity contribution is 6.17. The Hall–Kier alpha value is -3.02. The molecule has 6 nitrogen and oxygen atoms in total. The van der Waals surface area contributed by atoms with Gasteiger partial charge in [-0.05, 0) is 42.3 Å². The van der Waals surface area contributed by atoms with Crippen LogP contribution in [0.4, 0.5) is 17.1 Å². The number of non-ortho nitro benzene ring substituents is 1. The van der Waals surface area contributed by atoms with E-state index < -0.39 is 4.92 Å². The van der Waals surface area contributed by atoms with E-state index in [1.54, 1.807) is 24.1 Å². The molecule has 116 valence electrons. The summed E-state index contributed by atoms with van der Waals surface area (Å²) in [5, 5.41) is 10.7. The number of benzene rings is 2. The van der Waals surface area contributed by atoms with Gasteiger partial charge in [-0.3, -0.25) is 19.9 Å². The van der Waals surface area contributed by atoms with E-state index in [4.69, 9.17) is 0 Å². The highest BCUT2D eigenvalue weighted by Crippen LogP contribution is 2.33. The maximum atomic E-state index is 12.4. The van der Waals surface area contributed by atoms with Crippen molar-refractivity contribution in [3.05, 3.63) is 63.7 Å². The fourth-order valence-corrected chi connectivity index (χ4v) is 2.52. The van der Waals surface area contributed by atoms with Crippen molar-refractivity contribution in [2.45, 2.75) is 13.3 Å². The van der Waals surface area contributed by atoms with Gasteiger partial charge in [-0.1, -0.05) is 6.07 Å². The molecule has 0 spiro atoms. The summed E-state index contributed by atoms with van der Waals surface area (Å²) in [5.74, 6) is -0.0635. The van der Waals surface area contributed by atoms with Crippen LogP contribution < -0.4 is 4.90 Å². The van der Waals surface area contributed by atoms with Crippen molar-refractivity contribution in [2.75, 3.05) is 11.9 Å². The molecule has 0 atom stereocenters. The number of rotatable bonds is 2. The summed E-state index contributed by atoms with van der Waals surface area (Å²) in [5.41, 5.74) is 3.88. The Morgan fingerprint density at radius 1 is 1.17 bits per heavy atom. The molecule has 0 N–H and O–H groups in total. The number of hydrogen-bond acceptors (Lipinski definition) is 4. The largest absolute Gasteiger partial charge is 0.313 e. The maximum absolute atomic E-state index is 12.4. The van der Waals surface area contributed by atoms with E-state index >= 15 is 0 Å².